The largest absolute Gasteiger partial charge is 0.507 e. The number of pyridine rings is 1. The highest BCUT2D eigenvalue weighted by molar-refractivity contribution is 6.31. The number of aromatic nitrogens is 2. The highest BCUT2D eigenvalue weighted by Crippen LogP contribution is 2.22. The van der Waals surface area contributed by atoms with E-state index in [2.05, 4.69) is 4.98 Å². The first kappa shape index (κ1) is 16.3. The van der Waals surface area contributed by atoms with Gasteiger partial charge in [-0.15, -0.1) is 0 Å². The van der Waals surface area contributed by atoms with E-state index in [1.165, 1.54) is 34.9 Å². The normalized spacial score (nSPS) is 10.8. The molecule has 0 spiro atoms. The first-order valence-electron chi connectivity index (χ1n) is 6.77. The predicted molar refractivity (Wildman–Crippen MR) is 88.7 cm³/mol. The Balaban J connectivity index is 1.83. The summed E-state index contributed by atoms with van der Waals surface area (Å²) in [4.78, 5) is 28.3. The van der Waals surface area contributed by atoms with Crippen molar-refractivity contribution >= 4 is 34.8 Å². The zero-order valence-electron chi connectivity index (χ0n) is 12.1. The molecule has 122 valence electrons. The smallest absolute Gasteiger partial charge is 0.342 e. The molecule has 6 nitrogen and oxygen atoms in total. The summed E-state index contributed by atoms with van der Waals surface area (Å²) in [5.74, 6) is -1.02. The number of esters is 1. The Labute approximate surface area is 145 Å². The van der Waals surface area contributed by atoms with Crippen molar-refractivity contribution in [1.82, 2.24) is 9.38 Å². The highest BCUT2D eigenvalue weighted by Gasteiger charge is 2.14. The fourth-order valence-corrected chi connectivity index (χ4v) is 2.42. The van der Waals surface area contributed by atoms with Gasteiger partial charge in [0.15, 0.2) is 0 Å². The number of halogens is 2. The van der Waals surface area contributed by atoms with Gasteiger partial charge in [-0.3, -0.25) is 9.20 Å². The van der Waals surface area contributed by atoms with Crippen molar-refractivity contribution in [1.29, 1.82) is 0 Å². The SMILES string of the molecule is O=C(OCc1cc(=O)n2cc(Cl)ccc2n1)c1cc(Cl)ccc1O. The van der Waals surface area contributed by atoms with E-state index in [1.807, 2.05) is 0 Å². The maximum Gasteiger partial charge on any atom is 0.342 e. The van der Waals surface area contributed by atoms with Gasteiger partial charge in [-0.25, -0.2) is 9.78 Å². The van der Waals surface area contributed by atoms with Crippen LogP contribution in [0.15, 0.2) is 47.4 Å². The third-order valence-electron chi connectivity index (χ3n) is 3.21. The number of hydrogen-bond acceptors (Lipinski definition) is 5. The summed E-state index contributed by atoms with van der Waals surface area (Å²) in [6, 6.07) is 8.47. The summed E-state index contributed by atoms with van der Waals surface area (Å²) in [6.07, 6.45) is 1.45. The molecule has 0 saturated heterocycles. The van der Waals surface area contributed by atoms with Crippen LogP contribution in [-0.4, -0.2) is 20.5 Å². The molecule has 0 unspecified atom stereocenters. The molecular weight excluding hydrogens is 355 g/mol. The van der Waals surface area contributed by atoms with Gasteiger partial charge in [-0.05, 0) is 30.3 Å². The number of phenols is 1. The van der Waals surface area contributed by atoms with E-state index in [9.17, 15) is 14.7 Å². The Morgan fingerprint density at radius 1 is 1.17 bits per heavy atom. The first-order chi connectivity index (χ1) is 11.4. The minimum absolute atomic E-state index is 0.0632. The van der Waals surface area contributed by atoms with Crippen molar-refractivity contribution in [2.45, 2.75) is 6.61 Å². The fourth-order valence-electron chi connectivity index (χ4n) is 2.09. The second-order valence-corrected chi connectivity index (χ2v) is 5.77. The molecule has 0 saturated carbocycles. The number of fused-ring (bicyclic) bond motifs is 1. The van der Waals surface area contributed by atoms with Gasteiger partial charge in [0.2, 0.25) is 0 Å². The van der Waals surface area contributed by atoms with E-state index < -0.39 is 5.97 Å². The van der Waals surface area contributed by atoms with Crippen molar-refractivity contribution in [3.8, 4) is 5.75 Å². The van der Waals surface area contributed by atoms with Crippen LogP contribution >= 0.6 is 23.2 Å². The molecular formula is C16H10Cl2N2O4. The van der Waals surface area contributed by atoms with Crippen LogP contribution in [0.2, 0.25) is 10.0 Å². The van der Waals surface area contributed by atoms with Gasteiger partial charge in [0.1, 0.15) is 23.6 Å². The van der Waals surface area contributed by atoms with Crippen molar-refractivity contribution in [3.63, 3.8) is 0 Å². The Bertz CT molecular complexity index is 1000. The predicted octanol–water partition coefficient (Wildman–Crippen LogP) is 3.06. The molecule has 2 aromatic heterocycles. The van der Waals surface area contributed by atoms with Crippen LogP contribution in [-0.2, 0) is 11.3 Å². The standard InChI is InChI=1S/C16H10Cl2N2O4/c17-9-1-3-13(21)12(5-9)16(23)24-8-11-6-15(22)20-7-10(18)2-4-14(20)19-11/h1-7,21H,8H2. The average molecular weight is 365 g/mol. The van der Waals surface area contributed by atoms with Gasteiger partial charge < -0.3 is 9.84 Å². The fraction of sp³-hybridized carbons (Fsp3) is 0.0625. The number of ether oxygens (including phenoxy) is 1. The number of rotatable bonds is 3. The highest BCUT2D eigenvalue weighted by atomic mass is 35.5. The molecule has 0 aliphatic rings. The first-order valence-corrected chi connectivity index (χ1v) is 7.53. The third-order valence-corrected chi connectivity index (χ3v) is 3.66. The maximum atomic E-state index is 12.0. The molecule has 3 rings (SSSR count). The summed E-state index contributed by atoms with van der Waals surface area (Å²) < 4.78 is 6.37. The van der Waals surface area contributed by atoms with Gasteiger partial charge in [0.05, 0.1) is 10.7 Å². The van der Waals surface area contributed by atoms with Crippen LogP contribution in [0.3, 0.4) is 0 Å². The molecule has 3 aromatic rings. The monoisotopic (exact) mass is 364 g/mol. The molecule has 0 atom stereocenters. The zero-order valence-corrected chi connectivity index (χ0v) is 13.6. The molecule has 24 heavy (non-hydrogen) atoms. The molecule has 0 radical (unpaired) electrons. The lowest BCUT2D eigenvalue weighted by Crippen LogP contribution is -2.16. The van der Waals surface area contributed by atoms with Gasteiger partial charge in [-0.2, -0.15) is 0 Å². The Morgan fingerprint density at radius 2 is 1.92 bits per heavy atom. The van der Waals surface area contributed by atoms with Gasteiger partial charge in [0, 0.05) is 17.3 Å². The Kier molecular flexibility index (Phi) is 4.42. The van der Waals surface area contributed by atoms with Crippen molar-refractivity contribution in [2.75, 3.05) is 0 Å². The molecule has 0 aliphatic carbocycles. The van der Waals surface area contributed by atoms with Gasteiger partial charge in [-0.1, -0.05) is 23.2 Å². The molecule has 1 N–H and O–H groups in total. The lowest BCUT2D eigenvalue weighted by Gasteiger charge is -2.07. The maximum absolute atomic E-state index is 12.0. The summed E-state index contributed by atoms with van der Waals surface area (Å²) >= 11 is 11.6. The molecule has 8 heteroatoms. The van der Waals surface area contributed by atoms with Crippen LogP contribution in [0.1, 0.15) is 16.1 Å². The van der Waals surface area contributed by atoms with Crippen molar-refractivity contribution in [2.24, 2.45) is 0 Å². The zero-order chi connectivity index (χ0) is 17.3. The van der Waals surface area contributed by atoms with Crippen molar-refractivity contribution in [3.05, 3.63) is 74.3 Å². The van der Waals surface area contributed by atoms with E-state index in [1.54, 1.807) is 12.1 Å². The van der Waals surface area contributed by atoms with Crippen LogP contribution in [0.5, 0.6) is 5.75 Å². The summed E-state index contributed by atoms with van der Waals surface area (Å²) in [5.41, 5.74) is 0.242. The second-order valence-electron chi connectivity index (χ2n) is 4.90. The molecule has 2 heterocycles. The lowest BCUT2D eigenvalue weighted by molar-refractivity contribution is 0.0464. The van der Waals surface area contributed by atoms with Gasteiger partial charge in [0.25, 0.3) is 5.56 Å². The molecule has 0 aliphatic heterocycles. The number of aromatic hydroxyl groups is 1. The minimum atomic E-state index is -0.770. The lowest BCUT2D eigenvalue weighted by atomic mass is 10.2. The Morgan fingerprint density at radius 3 is 2.71 bits per heavy atom. The van der Waals surface area contributed by atoms with Crippen LogP contribution in [0, 0.1) is 0 Å². The second kappa shape index (κ2) is 6.51. The quantitative estimate of drug-likeness (QED) is 0.722. The average Bonchev–Trinajstić information content (AvgIpc) is 2.55. The number of hydrogen-bond donors (Lipinski definition) is 1. The topological polar surface area (TPSA) is 80.9 Å². The van der Waals surface area contributed by atoms with Crippen LogP contribution in [0.25, 0.3) is 5.65 Å². The number of carbonyl (C=O) groups is 1. The van der Waals surface area contributed by atoms with Crippen molar-refractivity contribution < 1.29 is 14.6 Å². The van der Waals surface area contributed by atoms with E-state index in [0.717, 1.165) is 0 Å². The molecule has 0 amide bonds. The van der Waals surface area contributed by atoms with Crippen LogP contribution in [0.4, 0.5) is 0 Å². The molecule has 0 fully saturated rings. The minimum Gasteiger partial charge on any atom is -0.507 e. The number of nitrogens with zero attached hydrogens (tertiary/aromatic N) is 2. The third kappa shape index (κ3) is 3.34. The summed E-state index contributed by atoms with van der Waals surface area (Å²) in [7, 11) is 0. The number of benzene rings is 1. The van der Waals surface area contributed by atoms with E-state index in [-0.39, 0.29) is 29.2 Å². The van der Waals surface area contributed by atoms with E-state index in [4.69, 9.17) is 27.9 Å². The summed E-state index contributed by atoms with van der Waals surface area (Å²) in [6.45, 7) is -0.223. The Hall–Kier alpha value is -2.57. The molecule has 0 bridgehead atoms. The van der Waals surface area contributed by atoms with E-state index >= 15 is 0 Å². The van der Waals surface area contributed by atoms with Crippen LogP contribution < -0.4 is 5.56 Å². The number of phenolic OH excluding ortho intramolecular Hbond substituents is 1. The number of carbonyl (C=O) groups excluding carboxylic acids is 1. The molecule has 1 aromatic carbocycles. The van der Waals surface area contributed by atoms with E-state index in [0.29, 0.717) is 15.7 Å². The van der Waals surface area contributed by atoms with Gasteiger partial charge >= 0.3 is 5.97 Å². The summed E-state index contributed by atoms with van der Waals surface area (Å²) in [5, 5.41) is 10.4.